The molecule has 1 aromatic heterocycles. The Labute approximate surface area is 167 Å². The van der Waals surface area contributed by atoms with Gasteiger partial charge in [0.15, 0.2) is 9.84 Å². The lowest BCUT2D eigenvalue weighted by molar-refractivity contribution is 0.0515. The zero-order valence-corrected chi connectivity index (χ0v) is 17.0. The average molecular weight is 426 g/mol. The Bertz CT molecular complexity index is 1140. The maximum Gasteiger partial charge on any atom is 0.354 e. The van der Waals surface area contributed by atoms with Crippen molar-refractivity contribution in [2.45, 2.75) is 18.4 Å². The molecule has 0 fully saturated rings. The molecule has 2 aromatic carbocycles. The number of hydrogen-bond acceptors (Lipinski definition) is 4. The van der Waals surface area contributed by atoms with E-state index in [4.69, 9.17) is 27.9 Å². The first-order valence-corrected chi connectivity index (χ1v) is 10.8. The van der Waals surface area contributed by atoms with E-state index in [1.54, 1.807) is 41.8 Å². The largest absolute Gasteiger partial charge is 0.461 e. The van der Waals surface area contributed by atoms with Crippen molar-refractivity contribution < 1.29 is 17.9 Å². The Morgan fingerprint density at radius 1 is 1.07 bits per heavy atom. The Morgan fingerprint density at radius 3 is 2.44 bits per heavy atom. The lowest BCUT2D eigenvalue weighted by Gasteiger charge is -2.11. The summed E-state index contributed by atoms with van der Waals surface area (Å²) in [5.74, 6) is -0.477. The van der Waals surface area contributed by atoms with Gasteiger partial charge in [-0.15, -0.1) is 0 Å². The second-order valence-electron chi connectivity index (χ2n) is 6.08. The summed E-state index contributed by atoms with van der Waals surface area (Å²) >= 11 is 12.1. The highest BCUT2D eigenvalue weighted by Gasteiger charge is 2.19. The first-order valence-electron chi connectivity index (χ1n) is 8.15. The van der Waals surface area contributed by atoms with Crippen LogP contribution in [0.3, 0.4) is 0 Å². The monoisotopic (exact) mass is 425 g/mol. The highest BCUT2D eigenvalue weighted by Crippen LogP contribution is 2.27. The quantitative estimate of drug-likeness (QED) is 0.561. The van der Waals surface area contributed by atoms with Gasteiger partial charge in [0, 0.05) is 23.7 Å². The molecular formula is C19H17Cl2NO4S. The molecule has 3 aromatic rings. The van der Waals surface area contributed by atoms with Crippen LogP contribution in [0.1, 0.15) is 23.0 Å². The second kappa shape index (κ2) is 7.54. The van der Waals surface area contributed by atoms with Gasteiger partial charge >= 0.3 is 5.97 Å². The number of ether oxygens (including phenoxy) is 1. The number of carbonyl (C=O) groups excluding carboxylic acids is 1. The van der Waals surface area contributed by atoms with E-state index in [0.717, 1.165) is 17.3 Å². The summed E-state index contributed by atoms with van der Waals surface area (Å²) in [4.78, 5) is 12.6. The topological polar surface area (TPSA) is 65.4 Å². The van der Waals surface area contributed by atoms with Crippen LogP contribution in [0, 0.1) is 0 Å². The molecule has 0 spiro atoms. The first kappa shape index (κ1) is 19.7. The Kier molecular flexibility index (Phi) is 5.51. The number of halogens is 2. The van der Waals surface area contributed by atoms with Gasteiger partial charge in [0.05, 0.1) is 21.5 Å². The molecule has 0 saturated carbocycles. The van der Waals surface area contributed by atoms with Gasteiger partial charge in [0.25, 0.3) is 0 Å². The zero-order chi connectivity index (χ0) is 19.8. The normalized spacial score (nSPS) is 11.7. The molecule has 0 saturated heterocycles. The molecule has 0 radical (unpaired) electrons. The molecule has 142 valence electrons. The van der Waals surface area contributed by atoms with Crippen molar-refractivity contribution in [1.29, 1.82) is 0 Å². The van der Waals surface area contributed by atoms with Crippen LogP contribution >= 0.6 is 23.2 Å². The van der Waals surface area contributed by atoms with E-state index in [0.29, 0.717) is 27.7 Å². The SMILES string of the molecule is CCOC(=O)c1cc2cc(S(C)(=O)=O)ccc2n1Cc1ccc(Cl)c(Cl)c1. The van der Waals surface area contributed by atoms with Crippen molar-refractivity contribution in [1.82, 2.24) is 4.57 Å². The maximum atomic E-state index is 12.4. The first-order chi connectivity index (χ1) is 12.7. The second-order valence-corrected chi connectivity index (χ2v) is 8.91. The molecule has 0 amide bonds. The van der Waals surface area contributed by atoms with Crippen LogP contribution in [0.5, 0.6) is 0 Å². The number of hydrogen-bond donors (Lipinski definition) is 0. The Morgan fingerprint density at radius 2 is 1.81 bits per heavy atom. The summed E-state index contributed by atoms with van der Waals surface area (Å²) < 4.78 is 30.6. The van der Waals surface area contributed by atoms with Gasteiger partial charge in [-0.3, -0.25) is 0 Å². The summed E-state index contributed by atoms with van der Waals surface area (Å²) in [7, 11) is -3.36. The van der Waals surface area contributed by atoms with Crippen LogP contribution in [0.2, 0.25) is 10.0 Å². The standard InChI is InChI=1S/C19H17Cl2NO4S/c1-3-26-19(23)18-10-13-9-14(27(2,24)25)5-7-17(13)22(18)11-12-4-6-15(20)16(21)8-12/h4-10H,3,11H2,1-2H3. The van der Waals surface area contributed by atoms with Crippen LogP contribution in [0.15, 0.2) is 47.4 Å². The zero-order valence-electron chi connectivity index (χ0n) is 14.7. The Hall–Kier alpha value is -2.02. The molecule has 27 heavy (non-hydrogen) atoms. The van der Waals surface area contributed by atoms with Gasteiger partial charge in [-0.1, -0.05) is 29.3 Å². The number of carbonyl (C=O) groups is 1. The lowest BCUT2D eigenvalue weighted by atomic mass is 10.2. The van der Waals surface area contributed by atoms with Crippen molar-refractivity contribution in [3.05, 3.63) is 63.8 Å². The molecular weight excluding hydrogens is 409 g/mol. The van der Waals surface area contributed by atoms with Crippen LogP contribution in [0.4, 0.5) is 0 Å². The molecule has 1 heterocycles. The highest BCUT2D eigenvalue weighted by atomic mass is 35.5. The molecule has 0 aliphatic heterocycles. The third-order valence-corrected chi connectivity index (χ3v) is 5.96. The third-order valence-electron chi connectivity index (χ3n) is 4.11. The van der Waals surface area contributed by atoms with Gasteiger partial charge in [0.1, 0.15) is 5.69 Å². The van der Waals surface area contributed by atoms with E-state index < -0.39 is 15.8 Å². The van der Waals surface area contributed by atoms with Crippen LogP contribution in [-0.2, 0) is 21.1 Å². The molecule has 0 unspecified atom stereocenters. The minimum atomic E-state index is -3.36. The summed E-state index contributed by atoms with van der Waals surface area (Å²) in [5, 5.41) is 1.50. The highest BCUT2D eigenvalue weighted by molar-refractivity contribution is 7.90. The summed E-state index contributed by atoms with van der Waals surface area (Å²) in [6, 6.07) is 11.6. The van der Waals surface area contributed by atoms with Crippen molar-refractivity contribution in [3.63, 3.8) is 0 Å². The number of esters is 1. The molecule has 0 aliphatic carbocycles. The summed E-state index contributed by atoms with van der Waals surface area (Å²) in [6.07, 6.45) is 1.15. The van der Waals surface area contributed by atoms with Crippen LogP contribution < -0.4 is 0 Å². The smallest absolute Gasteiger partial charge is 0.354 e. The minimum absolute atomic E-state index is 0.192. The number of fused-ring (bicyclic) bond motifs is 1. The van der Waals surface area contributed by atoms with Gasteiger partial charge in [0.2, 0.25) is 0 Å². The number of benzene rings is 2. The van der Waals surface area contributed by atoms with Crippen LogP contribution in [0.25, 0.3) is 10.9 Å². The minimum Gasteiger partial charge on any atom is -0.461 e. The fourth-order valence-electron chi connectivity index (χ4n) is 2.84. The number of nitrogens with zero attached hydrogens (tertiary/aromatic N) is 1. The third kappa shape index (κ3) is 4.13. The number of sulfone groups is 1. The fraction of sp³-hybridized carbons (Fsp3) is 0.211. The van der Waals surface area contributed by atoms with E-state index in [-0.39, 0.29) is 11.5 Å². The average Bonchev–Trinajstić information content (AvgIpc) is 2.95. The predicted molar refractivity (Wildman–Crippen MR) is 107 cm³/mol. The van der Waals surface area contributed by atoms with E-state index in [1.807, 2.05) is 6.07 Å². The fourth-order valence-corrected chi connectivity index (χ4v) is 3.82. The molecule has 0 aliphatic rings. The van der Waals surface area contributed by atoms with Crippen molar-refractivity contribution in [2.24, 2.45) is 0 Å². The number of rotatable bonds is 5. The molecule has 0 N–H and O–H groups in total. The molecule has 5 nitrogen and oxygen atoms in total. The van der Waals surface area contributed by atoms with Gasteiger partial charge in [-0.25, -0.2) is 13.2 Å². The van der Waals surface area contributed by atoms with E-state index in [2.05, 4.69) is 0 Å². The van der Waals surface area contributed by atoms with Crippen LogP contribution in [-0.4, -0.2) is 31.8 Å². The summed E-state index contributed by atoms with van der Waals surface area (Å²) in [5.41, 5.74) is 1.90. The molecule has 3 rings (SSSR count). The van der Waals surface area contributed by atoms with Gasteiger partial charge < -0.3 is 9.30 Å². The summed E-state index contributed by atoms with van der Waals surface area (Å²) in [6.45, 7) is 2.32. The van der Waals surface area contributed by atoms with Gasteiger partial charge in [-0.2, -0.15) is 0 Å². The lowest BCUT2D eigenvalue weighted by Crippen LogP contribution is -2.13. The molecule has 8 heteroatoms. The van der Waals surface area contributed by atoms with E-state index in [1.165, 1.54) is 6.07 Å². The van der Waals surface area contributed by atoms with Crippen molar-refractivity contribution in [2.75, 3.05) is 12.9 Å². The molecule has 0 bridgehead atoms. The van der Waals surface area contributed by atoms with Gasteiger partial charge in [-0.05, 0) is 48.9 Å². The van der Waals surface area contributed by atoms with E-state index in [9.17, 15) is 13.2 Å². The van der Waals surface area contributed by atoms with Crippen molar-refractivity contribution in [3.8, 4) is 0 Å². The maximum absolute atomic E-state index is 12.4. The predicted octanol–water partition coefficient (Wildman–Crippen LogP) is 4.58. The van der Waals surface area contributed by atoms with E-state index >= 15 is 0 Å². The number of aromatic nitrogens is 1. The van der Waals surface area contributed by atoms with Crippen molar-refractivity contribution >= 4 is 49.9 Å². The Balaban J connectivity index is 2.16. The molecule has 0 atom stereocenters.